The van der Waals surface area contributed by atoms with Crippen LogP contribution in [0.3, 0.4) is 0 Å². The van der Waals surface area contributed by atoms with Crippen LogP contribution in [0.15, 0.2) is 48.8 Å². The molecule has 0 fully saturated rings. The normalized spacial score (nSPS) is 10.9. The number of benzene rings is 2. The van der Waals surface area contributed by atoms with E-state index in [1.807, 2.05) is 18.2 Å². The SMILES string of the molecule is COc1cccc2c(Nc3ccc(P(O)O)cc3)ncnc12. The van der Waals surface area contributed by atoms with Gasteiger partial charge in [-0.3, -0.25) is 0 Å². The van der Waals surface area contributed by atoms with Crippen LogP contribution < -0.4 is 15.4 Å². The van der Waals surface area contributed by atoms with Gasteiger partial charge in [0.05, 0.1) is 7.11 Å². The summed E-state index contributed by atoms with van der Waals surface area (Å²) in [5.74, 6) is 1.34. The van der Waals surface area contributed by atoms with E-state index >= 15 is 0 Å². The highest BCUT2D eigenvalue weighted by Gasteiger charge is 2.09. The fraction of sp³-hybridized carbons (Fsp3) is 0.0667. The van der Waals surface area contributed by atoms with Crippen LogP contribution in [0.25, 0.3) is 10.9 Å². The molecule has 0 saturated heterocycles. The van der Waals surface area contributed by atoms with Crippen molar-refractivity contribution in [1.82, 2.24) is 9.97 Å². The van der Waals surface area contributed by atoms with Gasteiger partial charge in [0.1, 0.15) is 23.4 Å². The van der Waals surface area contributed by atoms with Crippen LogP contribution in [0, 0.1) is 0 Å². The van der Waals surface area contributed by atoms with Gasteiger partial charge in [-0.2, -0.15) is 0 Å². The van der Waals surface area contributed by atoms with E-state index in [4.69, 9.17) is 14.5 Å². The van der Waals surface area contributed by atoms with Gasteiger partial charge < -0.3 is 19.8 Å². The van der Waals surface area contributed by atoms with Crippen molar-refractivity contribution in [3.8, 4) is 5.75 Å². The van der Waals surface area contributed by atoms with Crippen LogP contribution in [-0.2, 0) is 0 Å². The molecule has 0 radical (unpaired) electrons. The van der Waals surface area contributed by atoms with Gasteiger partial charge in [-0.15, -0.1) is 0 Å². The predicted molar refractivity (Wildman–Crippen MR) is 86.8 cm³/mol. The maximum absolute atomic E-state index is 9.17. The molecule has 3 rings (SSSR count). The molecule has 0 aliphatic carbocycles. The molecule has 22 heavy (non-hydrogen) atoms. The minimum absolute atomic E-state index is 0.495. The van der Waals surface area contributed by atoms with Crippen molar-refractivity contribution in [2.75, 3.05) is 12.4 Å². The van der Waals surface area contributed by atoms with E-state index in [0.29, 0.717) is 16.9 Å². The third-order valence-corrected chi connectivity index (χ3v) is 3.97. The first-order valence-electron chi connectivity index (χ1n) is 6.51. The minimum atomic E-state index is -2.07. The Morgan fingerprint density at radius 3 is 2.50 bits per heavy atom. The van der Waals surface area contributed by atoms with E-state index in [-0.39, 0.29) is 0 Å². The Balaban J connectivity index is 1.97. The fourth-order valence-corrected chi connectivity index (χ4v) is 2.56. The van der Waals surface area contributed by atoms with Crippen molar-refractivity contribution in [2.24, 2.45) is 0 Å². The third kappa shape index (κ3) is 2.85. The number of anilines is 2. The molecule has 0 aliphatic heterocycles. The molecule has 0 atom stereocenters. The van der Waals surface area contributed by atoms with Crippen molar-refractivity contribution in [3.63, 3.8) is 0 Å². The standard InChI is InChI=1S/C15H14N3O3P/c1-21-13-4-2-3-12-14(13)16-9-17-15(12)18-10-5-7-11(8-6-10)22(19)20/h2-9,19-20H,1H3,(H,16,17,18). The smallest absolute Gasteiger partial charge is 0.199 e. The summed E-state index contributed by atoms with van der Waals surface area (Å²) in [6, 6.07) is 12.5. The zero-order valence-corrected chi connectivity index (χ0v) is 12.7. The fourth-order valence-electron chi connectivity index (χ4n) is 2.14. The summed E-state index contributed by atoms with van der Waals surface area (Å²) < 4.78 is 5.30. The van der Waals surface area contributed by atoms with Crippen molar-refractivity contribution < 1.29 is 14.5 Å². The van der Waals surface area contributed by atoms with Crippen LogP contribution >= 0.6 is 8.38 Å². The minimum Gasteiger partial charge on any atom is -0.494 e. The number of hydrogen-bond acceptors (Lipinski definition) is 6. The van der Waals surface area contributed by atoms with Crippen molar-refractivity contribution >= 4 is 36.1 Å². The Kier molecular flexibility index (Phi) is 4.15. The maximum Gasteiger partial charge on any atom is 0.199 e. The lowest BCUT2D eigenvalue weighted by molar-refractivity contribution is 0.419. The number of aromatic nitrogens is 2. The number of ether oxygens (including phenoxy) is 1. The average molecular weight is 315 g/mol. The average Bonchev–Trinajstić information content (AvgIpc) is 2.55. The molecule has 1 heterocycles. The van der Waals surface area contributed by atoms with Crippen molar-refractivity contribution in [3.05, 3.63) is 48.8 Å². The van der Waals surface area contributed by atoms with E-state index in [9.17, 15) is 0 Å². The summed E-state index contributed by atoms with van der Waals surface area (Å²) in [7, 11) is -0.470. The summed E-state index contributed by atoms with van der Waals surface area (Å²) >= 11 is 0. The number of rotatable bonds is 4. The zero-order chi connectivity index (χ0) is 15.5. The highest BCUT2D eigenvalue weighted by Crippen LogP contribution is 2.29. The first-order valence-corrected chi connectivity index (χ1v) is 7.76. The monoisotopic (exact) mass is 315 g/mol. The molecule has 7 heteroatoms. The van der Waals surface area contributed by atoms with Crippen molar-refractivity contribution in [2.45, 2.75) is 0 Å². The number of para-hydroxylation sites is 1. The summed E-state index contributed by atoms with van der Waals surface area (Å²) in [4.78, 5) is 26.9. The molecule has 0 bridgehead atoms. The lowest BCUT2D eigenvalue weighted by Gasteiger charge is -2.10. The Morgan fingerprint density at radius 1 is 1.05 bits per heavy atom. The van der Waals surface area contributed by atoms with Gasteiger partial charge in [-0.25, -0.2) is 9.97 Å². The Hall–Kier alpha value is -2.27. The number of hydrogen-bond donors (Lipinski definition) is 3. The molecule has 112 valence electrons. The van der Waals surface area contributed by atoms with E-state index in [2.05, 4.69) is 15.3 Å². The lowest BCUT2D eigenvalue weighted by Crippen LogP contribution is -2.01. The predicted octanol–water partition coefficient (Wildman–Crippen LogP) is 2.30. The Labute approximate surface area is 128 Å². The first-order chi connectivity index (χ1) is 10.7. The molecule has 0 amide bonds. The molecule has 2 aromatic carbocycles. The second kappa shape index (κ2) is 6.23. The highest BCUT2D eigenvalue weighted by molar-refractivity contribution is 7.54. The molecule has 0 spiro atoms. The summed E-state index contributed by atoms with van der Waals surface area (Å²) in [5, 5.41) is 4.54. The number of fused-ring (bicyclic) bond motifs is 1. The van der Waals surface area contributed by atoms with Crippen LogP contribution in [0.4, 0.5) is 11.5 Å². The molecule has 3 aromatic rings. The van der Waals surface area contributed by atoms with Gasteiger partial charge in [-0.1, -0.05) is 6.07 Å². The molecular weight excluding hydrogens is 301 g/mol. The second-order valence-electron chi connectivity index (χ2n) is 4.54. The first kappa shape index (κ1) is 14.7. The molecule has 1 aromatic heterocycles. The van der Waals surface area contributed by atoms with Gasteiger partial charge in [0.15, 0.2) is 8.38 Å². The van der Waals surface area contributed by atoms with E-state index in [0.717, 1.165) is 16.6 Å². The largest absolute Gasteiger partial charge is 0.494 e. The van der Waals surface area contributed by atoms with Crippen LogP contribution in [-0.4, -0.2) is 26.9 Å². The summed E-state index contributed by atoms with van der Waals surface area (Å²) in [6.45, 7) is 0. The van der Waals surface area contributed by atoms with E-state index in [1.165, 1.54) is 6.33 Å². The topological polar surface area (TPSA) is 87.5 Å². The molecular formula is C15H14N3O3P. The Bertz CT molecular complexity index is 794. The zero-order valence-electron chi connectivity index (χ0n) is 11.8. The molecule has 3 N–H and O–H groups in total. The number of nitrogens with zero attached hydrogens (tertiary/aromatic N) is 2. The summed E-state index contributed by atoms with van der Waals surface area (Å²) in [5.41, 5.74) is 1.52. The molecule has 0 saturated carbocycles. The van der Waals surface area contributed by atoms with Crippen molar-refractivity contribution in [1.29, 1.82) is 0 Å². The lowest BCUT2D eigenvalue weighted by atomic mass is 10.2. The quantitative estimate of drug-likeness (QED) is 0.640. The van der Waals surface area contributed by atoms with Gasteiger partial charge in [0, 0.05) is 16.4 Å². The van der Waals surface area contributed by atoms with Gasteiger partial charge >= 0.3 is 0 Å². The van der Waals surface area contributed by atoms with E-state index in [1.54, 1.807) is 31.4 Å². The van der Waals surface area contributed by atoms with Gasteiger partial charge in [0.2, 0.25) is 0 Å². The molecule has 0 aliphatic rings. The molecule has 0 unspecified atom stereocenters. The third-order valence-electron chi connectivity index (χ3n) is 3.21. The van der Waals surface area contributed by atoms with Gasteiger partial charge in [-0.05, 0) is 36.4 Å². The number of methoxy groups -OCH3 is 1. The second-order valence-corrected chi connectivity index (χ2v) is 5.64. The Morgan fingerprint density at radius 2 is 1.82 bits per heavy atom. The molecule has 6 nitrogen and oxygen atoms in total. The summed E-state index contributed by atoms with van der Waals surface area (Å²) in [6.07, 6.45) is 1.47. The number of nitrogens with one attached hydrogen (secondary N) is 1. The van der Waals surface area contributed by atoms with Crippen LogP contribution in [0.1, 0.15) is 0 Å². The van der Waals surface area contributed by atoms with E-state index < -0.39 is 8.38 Å². The maximum atomic E-state index is 9.17. The van der Waals surface area contributed by atoms with Crippen LogP contribution in [0.5, 0.6) is 5.75 Å². The van der Waals surface area contributed by atoms with Crippen LogP contribution in [0.2, 0.25) is 0 Å². The van der Waals surface area contributed by atoms with Gasteiger partial charge in [0.25, 0.3) is 0 Å². The highest BCUT2D eigenvalue weighted by atomic mass is 31.2.